The molecule has 1 aromatic carbocycles. The zero-order chi connectivity index (χ0) is 13.2. The van der Waals surface area contributed by atoms with Gasteiger partial charge in [0.2, 0.25) is 5.91 Å². The first-order valence-electron chi connectivity index (χ1n) is 6.06. The number of hydrogen-bond donors (Lipinski definition) is 1. The molecule has 1 atom stereocenters. The summed E-state index contributed by atoms with van der Waals surface area (Å²) in [5.41, 5.74) is 1.02. The second kappa shape index (κ2) is 5.10. The second-order valence-electron chi connectivity index (χ2n) is 4.72. The van der Waals surface area contributed by atoms with Crippen LogP contribution in [0.5, 0.6) is 0 Å². The summed E-state index contributed by atoms with van der Waals surface area (Å²) in [5, 5.41) is 2.71. The van der Waals surface area contributed by atoms with E-state index in [0.717, 1.165) is 12.0 Å². The molecule has 1 amide bonds. The average molecular weight is 267 g/mol. The van der Waals surface area contributed by atoms with E-state index in [-0.39, 0.29) is 11.7 Å². The van der Waals surface area contributed by atoms with Crippen LogP contribution in [0.3, 0.4) is 0 Å². The third kappa shape index (κ3) is 2.90. The van der Waals surface area contributed by atoms with Crippen LogP contribution in [0.4, 0.5) is 0 Å². The van der Waals surface area contributed by atoms with E-state index in [4.69, 9.17) is 0 Å². The van der Waals surface area contributed by atoms with Gasteiger partial charge in [0, 0.05) is 6.54 Å². The fraction of sp³-hybridized carbons (Fsp3) is 0.462. The lowest BCUT2D eigenvalue weighted by molar-refractivity contribution is -0.125. The van der Waals surface area contributed by atoms with Crippen LogP contribution in [0.1, 0.15) is 18.4 Å². The molecule has 1 fully saturated rings. The zero-order valence-corrected chi connectivity index (χ0v) is 11.2. The number of amides is 1. The van der Waals surface area contributed by atoms with Crippen molar-refractivity contribution in [2.75, 3.05) is 12.3 Å². The molecule has 1 N–H and O–H groups in total. The van der Waals surface area contributed by atoms with Crippen LogP contribution < -0.4 is 5.32 Å². The summed E-state index contributed by atoms with van der Waals surface area (Å²) in [6.45, 7) is 2.56. The number of rotatable bonds is 3. The topological polar surface area (TPSA) is 63.2 Å². The first-order valence-corrected chi connectivity index (χ1v) is 7.71. The van der Waals surface area contributed by atoms with Crippen LogP contribution >= 0.6 is 0 Å². The normalized spacial score (nSPS) is 20.5. The SMILES string of the molecule is Cc1ccc(S(=O)(=O)C[C@H]2CCCNC2=O)cc1. The second-order valence-corrected chi connectivity index (χ2v) is 6.76. The van der Waals surface area contributed by atoms with Crippen molar-refractivity contribution < 1.29 is 13.2 Å². The molecule has 1 heterocycles. The molecule has 98 valence electrons. The maximum atomic E-state index is 12.2. The van der Waals surface area contributed by atoms with Gasteiger partial charge in [-0.15, -0.1) is 0 Å². The van der Waals surface area contributed by atoms with Crippen molar-refractivity contribution in [1.82, 2.24) is 5.32 Å². The molecule has 0 radical (unpaired) electrons. The fourth-order valence-corrected chi connectivity index (χ4v) is 3.69. The predicted molar refractivity (Wildman–Crippen MR) is 69.0 cm³/mol. The lowest BCUT2D eigenvalue weighted by Crippen LogP contribution is -2.39. The molecule has 1 saturated heterocycles. The molecule has 0 spiro atoms. The molecule has 1 aromatic rings. The summed E-state index contributed by atoms with van der Waals surface area (Å²) in [6, 6.07) is 6.75. The van der Waals surface area contributed by atoms with Gasteiger partial charge in [-0.25, -0.2) is 8.42 Å². The van der Waals surface area contributed by atoms with Gasteiger partial charge in [0.1, 0.15) is 0 Å². The van der Waals surface area contributed by atoms with Crippen LogP contribution in [-0.2, 0) is 14.6 Å². The summed E-state index contributed by atoms with van der Waals surface area (Å²) in [5.74, 6) is -0.649. The number of piperidine rings is 1. The van der Waals surface area contributed by atoms with Crippen LogP contribution in [0.2, 0.25) is 0 Å². The van der Waals surface area contributed by atoms with Gasteiger partial charge in [0.15, 0.2) is 9.84 Å². The zero-order valence-electron chi connectivity index (χ0n) is 10.3. The monoisotopic (exact) mass is 267 g/mol. The number of nitrogens with one attached hydrogen (secondary N) is 1. The Bertz CT molecular complexity index is 534. The van der Waals surface area contributed by atoms with Gasteiger partial charge >= 0.3 is 0 Å². The first kappa shape index (κ1) is 13.1. The average Bonchev–Trinajstić information content (AvgIpc) is 2.32. The Morgan fingerprint density at radius 1 is 1.28 bits per heavy atom. The maximum Gasteiger partial charge on any atom is 0.224 e. The quantitative estimate of drug-likeness (QED) is 0.897. The molecule has 4 nitrogen and oxygen atoms in total. The Hall–Kier alpha value is -1.36. The minimum atomic E-state index is -3.37. The summed E-state index contributed by atoms with van der Waals surface area (Å²) < 4.78 is 24.4. The lowest BCUT2D eigenvalue weighted by Gasteiger charge is -2.21. The van der Waals surface area contributed by atoms with E-state index in [1.807, 2.05) is 6.92 Å². The molecule has 0 bridgehead atoms. The largest absolute Gasteiger partial charge is 0.356 e. The number of benzene rings is 1. The number of carbonyl (C=O) groups excluding carboxylic acids is 1. The predicted octanol–water partition coefficient (Wildman–Crippen LogP) is 1.29. The molecule has 5 heteroatoms. The third-order valence-corrected chi connectivity index (χ3v) is 5.03. The van der Waals surface area contributed by atoms with Gasteiger partial charge in [-0.2, -0.15) is 0 Å². The van der Waals surface area contributed by atoms with E-state index in [1.54, 1.807) is 24.3 Å². The van der Waals surface area contributed by atoms with Crippen molar-refractivity contribution >= 4 is 15.7 Å². The summed E-state index contributed by atoms with van der Waals surface area (Å²) in [4.78, 5) is 11.9. The van der Waals surface area contributed by atoms with E-state index in [1.165, 1.54) is 0 Å². The molecule has 0 saturated carbocycles. The summed E-state index contributed by atoms with van der Waals surface area (Å²) in [7, 11) is -3.37. The van der Waals surface area contributed by atoms with E-state index >= 15 is 0 Å². The first-order chi connectivity index (χ1) is 8.49. The van der Waals surface area contributed by atoms with Gasteiger partial charge in [0.05, 0.1) is 16.6 Å². The van der Waals surface area contributed by atoms with Gasteiger partial charge in [-0.05, 0) is 31.9 Å². The van der Waals surface area contributed by atoms with E-state index < -0.39 is 15.8 Å². The minimum Gasteiger partial charge on any atom is -0.356 e. The van der Waals surface area contributed by atoms with Crippen LogP contribution in [-0.4, -0.2) is 26.6 Å². The maximum absolute atomic E-state index is 12.2. The van der Waals surface area contributed by atoms with Crippen molar-refractivity contribution in [1.29, 1.82) is 0 Å². The molecule has 2 rings (SSSR count). The Balaban J connectivity index is 2.16. The van der Waals surface area contributed by atoms with Crippen molar-refractivity contribution in [3.05, 3.63) is 29.8 Å². The third-order valence-electron chi connectivity index (χ3n) is 3.20. The highest BCUT2D eigenvalue weighted by atomic mass is 32.2. The van der Waals surface area contributed by atoms with Crippen LogP contribution in [0.15, 0.2) is 29.2 Å². The molecule has 1 aliphatic heterocycles. The number of sulfone groups is 1. The Morgan fingerprint density at radius 3 is 2.56 bits per heavy atom. The molecule has 0 aromatic heterocycles. The van der Waals surface area contributed by atoms with Crippen LogP contribution in [0.25, 0.3) is 0 Å². The van der Waals surface area contributed by atoms with Gasteiger partial charge in [-0.3, -0.25) is 4.79 Å². The van der Waals surface area contributed by atoms with E-state index in [9.17, 15) is 13.2 Å². The minimum absolute atomic E-state index is 0.0953. The van der Waals surface area contributed by atoms with Crippen molar-refractivity contribution in [2.24, 2.45) is 5.92 Å². The van der Waals surface area contributed by atoms with Crippen molar-refractivity contribution in [3.8, 4) is 0 Å². The highest BCUT2D eigenvalue weighted by Crippen LogP contribution is 2.19. The Morgan fingerprint density at radius 2 is 1.94 bits per heavy atom. The van der Waals surface area contributed by atoms with Crippen LogP contribution in [0, 0.1) is 12.8 Å². The standard InChI is InChI=1S/C13H17NO3S/c1-10-4-6-12(7-5-10)18(16,17)9-11-3-2-8-14-13(11)15/h4-7,11H,2-3,8-9H2,1H3,(H,14,15)/t11-/m1/s1. The van der Waals surface area contributed by atoms with Crippen molar-refractivity contribution in [3.63, 3.8) is 0 Å². The molecular weight excluding hydrogens is 250 g/mol. The Kier molecular flexibility index (Phi) is 3.71. The highest BCUT2D eigenvalue weighted by Gasteiger charge is 2.28. The van der Waals surface area contributed by atoms with Gasteiger partial charge in [0.25, 0.3) is 0 Å². The van der Waals surface area contributed by atoms with E-state index in [0.29, 0.717) is 17.9 Å². The van der Waals surface area contributed by atoms with Crippen molar-refractivity contribution in [2.45, 2.75) is 24.7 Å². The Labute approximate surface area is 107 Å². The highest BCUT2D eigenvalue weighted by molar-refractivity contribution is 7.91. The smallest absolute Gasteiger partial charge is 0.224 e. The number of aryl methyl sites for hydroxylation is 1. The molecule has 1 aliphatic rings. The van der Waals surface area contributed by atoms with E-state index in [2.05, 4.69) is 5.32 Å². The number of hydrogen-bond acceptors (Lipinski definition) is 3. The molecule has 0 aliphatic carbocycles. The lowest BCUT2D eigenvalue weighted by atomic mass is 10.0. The molecular formula is C13H17NO3S. The number of carbonyl (C=O) groups is 1. The van der Waals surface area contributed by atoms with Gasteiger partial charge in [-0.1, -0.05) is 17.7 Å². The van der Waals surface area contributed by atoms with Gasteiger partial charge < -0.3 is 5.32 Å². The summed E-state index contributed by atoms with van der Waals surface area (Å²) >= 11 is 0. The fourth-order valence-electron chi connectivity index (χ4n) is 2.10. The molecule has 0 unspecified atom stereocenters. The molecule has 18 heavy (non-hydrogen) atoms. The summed E-state index contributed by atoms with van der Waals surface area (Å²) in [6.07, 6.45) is 1.50.